The topological polar surface area (TPSA) is 87.7 Å². The number of hydrogen-bond donors (Lipinski definition) is 2. The molecule has 0 aromatic heterocycles. The Balaban J connectivity index is 2.44. The Bertz CT molecular complexity index is 937. The Kier molecular flexibility index (Phi) is 12.2. The summed E-state index contributed by atoms with van der Waals surface area (Å²) in [5.41, 5.74) is 0.831. The van der Waals surface area contributed by atoms with Gasteiger partial charge in [-0.15, -0.1) is 6.58 Å². The van der Waals surface area contributed by atoms with Crippen LogP contribution in [0.5, 0.6) is 0 Å². The lowest BCUT2D eigenvalue weighted by Crippen LogP contribution is -2.54. The van der Waals surface area contributed by atoms with E-state index in [0.717, 1.165) is 31.2 Å². The molecule has 0 aliphatic heterocycles. The number of nitrogens with one attached hydrogen (secondary N) is 2. The first-order valence-electron chi connectivity index (χ1n) is 13.0. The molecule has 2 atom stereocenters. The lowest BCUT2D eigenvalue weighted by atomic mass is 9.94. The van der Waals surface area contributed by atoms with Crippen molar-refractivity contribution in [2.75, 3.05) is 18.6 Å². The zero-order valence-electron chi connectivity index (χ0n) is 22.8. The average molecular weight is 530 g/mol. The number of rotatable bonds is 12. The smallest absolute Gasteiger partial charge is 0.408 e. The Labute approximate surface area is 226 Å². The minimum Gasteiger partial charge on any atom is -0.444 e. The molecule has 0 heterocycles. The summed E-state index contributed by atoms with van der Waals surface area (Å²) >= 11 is 1.58. The largest absolute Gasteiger partial charge is 0.444 e. The van der Waals surface area contributed by atoms with Crippen LogP contribution >= 0.6 is 11.8 Å². The molecule has 3 amide bonds. The molecule has 204 valence electrons. The van der Waals surface area contributed by atoms with Crippen LogP contribution in [0.2, 0.25) is 0 Å². The van der Waals surface area contributed by atoms with Crippen molar-refractivity contribution in [2.24, 2.45) is 0 Å². The van der Waals surface area contributed by atoms with E-state index in [0.29, 0.717) is 17.7 Å². The van der Waals surface area contributed by atoms with Crippen LogP contribution in [0, 0.1) is 0 Å². The Hall–Kier alpha value is -2.74. The van der Waals surface area contributed by atoms with Crippen molar-refractivity contribution < 1.29 is 19.1 Å². The van der Waals surface area contributed by atoms with E-state index < -0.39 is 23.8 Å². The summed E-state index contributed by atoms with van der Waals surface area (Å²) in [7, 11) is 0. The summed E-state index contributed by atoms with van der Waals surface area (Å²) in [5, 5.41) is 5.94. The molecule has 37 heavy (non-hydrogen) atoms. The van der Waals surface area contributed by atoms with Gasteiger partial charge >= 0.3 is 6.09 Å². The number of amides is 3. The number of benzene rings is 1. The van der Waals surface area contributed by atoms with Crippen molar-refractivity contribution in [1.29, 1.82) is 0 Å². The maximum absolute atomic E-state index is 14.0. The third-order valence-corrected chi connectivity index (χ3v) is 6.83. The van der Waals surface area contributed by atoms with Crippen LogP contribution in [-0.4, -0.2) is 59.0 Å². The van der Waals surface area contributed by atoms with Gasteiger partial charge in [0.15, 0.2) is 0 Å². The standard InChI is InChI=1S/C29H43N3O4S/c1-7-18-32(27(34)24(17-19-37-6)31-28(35)36-29(3,4)5)25(22-14-12-13-21(8-2)20-22)26(33)30-23-15-10-9-11-16-23/h7-8,12-14,20,23-25H,1-2,9-11,15-19H2,3-6H3,(H,30,33)(H,31,35). The van der Waals surface area contributed by atoms with Crippen LogP contribution < -0.4 is 10.6 Å². The molecule has 1 aromatic carbocycles. The molecule has 1 aliphatic rings. The second-order valence-electron chi connectivity index (χ2n) is 10.4. The van der Waals surface area contributed by atoms with Gasteiger partial charge < -0.3 is 20.3 Å². The Morgan fingerprint density at radius 2 is 1.89 bits per heavy atom. The van der Waals surface area contributed by atoms with E-state index >= 15 is 0 Å². The molecule has 2 N–H and O–H groups in total. The van der Waals surface area contributed by atoms with Crippen LogP contribution in [0.1, 0.15) is 76.5 Å². The van der Waals surface area contributed by atoms with Crippen LogP contribution in [0.3, 0.4) is 0 Å². The molecular weight excluding hydrogens is 486 g/mol. The van der Waals surface area contributed by atoms with Gasteiger partial charge in [0.25, 0.3) is 0 Å². The number of carbonyl (C=O) groups is 3. The third kappa shape index (κ3) is 9.91. The van der Waals surface area contributed by atoms with E-state index in [1.165, 1.54) is 11.3 Å². The Morgan fingerprint density at radius 3 is 2.49 bits per heavy atom. The monoisotopic (exact) mass is 529 g/mol. The number of alkyl carbamates (subject to hydrolysis) is 1. The van der Waals surface area contributed by atoms with E-state index in [1.54, 1.807) is 44.7 Å². The van der Waals surface area contributed by atoms with Crippen molar-refractivity contribution in [3.63, 3.8) is 0 Å². The zero-order valence-corrected chi connectivity index (χ0v) is 23.6. The summed E-state index contributed by atoms with van der Waals surface area (Å²) in [5.74, 6) is 0.0655. The Morgan fingerprint density at radius 1 is 1.19 bits per heavy atom. The molecule has 0 bridgehead atoms. The molecule has 1 aromatic rings. The summed E-state index contributed by atoms with van der Waals surface area (Å²) < 4.78 is 5.42. The van der Waals surface area contributed by atoms with Crippen molar-refractivity contribution in [2.45, 2.75) is 83.0 Å². The van der Waals surface area contributed by atoms with E-state index in [2.05, 4.69) is 23.8 Å². The van der Waals surface area contributed by atoms with Gasteiger partial charge in [-0.25, -0.2) is 4.79 Å². The molecule has 2 unspecified atom stereocenters. The third-order valence-electron chi connectivity index (χ3n) is 6.18. The van der Waals surface area contributed by atoms with Crippen LogP contribution in [0.4, 0.5) is 4.79 Å². The molecule has 8 heteroatoms. The van der Waals surface area contributed by atoms with Gasteiger partial charge in [0.2, 0.25) is 11.8 Å². The minimum atomic E-state index is -0.885. The highest BCUT2D eigenvalue weighted by Crippen LogP contribution is 2.26. The molecule has 2 rings (SSSR count). The van der Waals surface area contributed by atoms with Crippen LogP contribution in [0.25, 0.3) is 6.08 Å². The highest BCUT2D eigenvalue weighted by atomic mass is 32.2. The van der Waals surface area contributed by atoms with Crippen LogP contribution in [0.15, 0.2) is 43.5 Å². The van der Waals surface area contributed by atoms with Gasteiger partial charge in [-0.3, -0.25) is 9.59 Å². The summed E-state index contributed by atoms with van der Waals surface area (Å²) in [6, 6.07) is 5.82. The fourth-order valence-corrected chi connectivity index (χ4v) is 4.93. The lowest BCUT2D eigenvalue weighted by molar-refractivity contribution is -0.142. The first kappa shape index (κ1) is 30.5. The molecule has 0 saturated heterocycles. The first-order valence-corrected chi connectivity index (χ1v) is 14.4. The molecule has 1 aliphatic carbocycles. The molecule has 7 nitrogen and oxygen atoms in total. The number of carbonyl (C=O) groups excluding carboxylic acids is 3. The summed E-state index contributed by atoms with van der Waals surface area (Å²) in [4.78, 5) is 41.9. The molecular formula is C29H43N3O4S. The van der Waals surface area contributed by atoms with Gasteiger partial charge in [-0.2, -0.15) is 11.8 Å². The summed E-state index contributed by atoms with van der Waals surface area (Å²) in [6.45, 7) is 13.1. The van der Waals surface area contributed by atoms with Gasteiger partial charge in [0.05, 0.1) is 0 Å². The molecule has 1 fully saturated rings. The molecule has 0 radical (unpaired) electrons. The lowest BCUT2D eigenvalue weighted by Gasteiger charge is -2.35. The van der Waals surface area contributed by atoms with Crippen molar-refractivity contribution in [3.8, 4) is 0 Å². The highest BCUT2D eigenvalue weighted by molar-refractivity contribution is 7.98. The first-order chi connectivity index (χ1) is 17.6. The predicted molar refractivity (Wildman–Crippen MR) is 152 cm³/mol. The van der Waals surface area contributed by atoms with E-state index in [1.807, 2.05) is 30.5 Å². The van der Waals surface area contributed by atoms with Crippen molar-refractivity contribution in [3.05, 3.63) is 54.6 Å². The summed E-state index contributed by atoms with van der Waals surface area (Å²) in [6.07, 6.45) is 10.2. The normalized spacial score (nSPS) is 15.7. The quantitative estimate of drug-likeness (QED) is 0.350. The number of hydrogen-bond acceptors (Lipinski definition) is 5. The maximum atomic E-state index is 14.0. The van der Waals surface area contributed by atoms with Gasteiger partial charge in [0.1, 0.15) is 17.7 Å². The second kappa shape index (κ2) is 14.9. The zero-order chi connectivity index (χ0) is 27.4. The molecule has 0 spiro atoms. The highest BCUT2D eigenvalue weighted by Gasteiger charge is 2.36. The fourth-order valence-electron chi connectivity index (χ4n) is 4.46. The number of nitrogens with zero attached hydrogens (tertiary/aromatic N) is 1. The van der Waals surface area contributed by atoms with Gasteiger partial charge in [0, 0.05) is 12.6 Å². The minimum absolute atomic E-state index is 0.0826. The van der Waals surface area contributed by atoms with Gasteiger partial charge in [-0.05, 0) is 69.2 Å². The number of ether oxygens (including phenoxy) is 1. The van der Waals surface area contributed by atoms with E-state index in [-0.39, 0.29) is 24.4 Å². The van der Waals surface area contributed by atoms with Crippen molar-refractivity contribution in [1.82, 2.24) is 15.5 Å². The van der Waals surface area contributed by atoms with Gasteiger partial charge in [-0.1, -0.05) is 56.2 Å². The van der Waals surface area contributed by atoms with Crippen LogP contribution in [-0.2, 0) is 14.3 Å². The average Bonchev–Trinajstić information content (AvgIpc) is 2.85. The van der Waals surface area contributed by atoms with E-state index in [4.69, 9.17) is 4.74 Å². The van der Waals surface area contributed by atoms with E-state index in [9.17, 15) is 14.4 Å². The predicted octanol–water partition coefficient (Wildman–Crippen LogP) is 5.48. The second-order valence-corrected chi connectivity index (χ2v) is 11.4. The SMILES string of the molecule is C=CCN(C(=O)C(CCSC)NC(=O)OC(C)(C)C)C(C(=O)NC1CCCCC1)c1cccc(C=C)c1. The maximum Gasteiger partial charge on any atom is 0.408 e. The fraction of sp³-hybridized carbons (Fsp3) is 0.552. The number of thioether (sulfide) groups is 1. The van der Waals surface area contributed by atoms with Crippen molar-refractivity contribution >= 4 is 35.7 Å². The molecule has 1 saturated carbocycles.